The summed E-state index contributed by atoms with van der Waals surface area (Å²) >= 11 is 1.94. The van der Waals surface area contributed by atoms with E-state index in [1.54, 1.807) is 0 Å². The van der Waals surface area contributed by atoms with Gasteiger partial charge >= 0.3 is 0 Å². The van der Waals surface area contributed by atoms with Crippen molar-refractivity contribution in [2.45, 2.75) is 52.8 Å². The van der Waals surface area contributed by atoms with E-state index in [9.17, 15) is 4.79 Å². The highest BCUT2D eigenvalue weighted by molar-refractivity contribution is 7.99. The summed E-state index contributed by atoms with van der Waals surface area (Å²) in [6, 6.07) is 0. The van der Waals surface area contributed by atoms with Gasteiger partial charge in [-0.25, -0.2) is 0 Å². The third kappa shape index (κ3) is 1.73. The first kappa shape index (κ1) is 13.3. The Hall–Kier alpha value is -0.180. The largest absolute Gasteiger partial charge is 0.344 e. The van der Waals surface area contributed by atoms with Crippen LogP contribution in [0.2, 0.25) is 0 Å². The van der Waals surface area contributed by atoms with Gasteiger partial charge in [0.2, 0.25) is 5.91 Å². The third-order valence-corrected chi connectivity index (χ3v) is 6.04. The van der Waals surface area contributed by atoms with Crippen LogP contribution in [0.15, 0.2) is 0 Å². The molecule has 2 nitrogen and oxygen atoms in total. The van der Waals surface area contributed by atoms with Gasteiger partial charge in [-0.2, -0.15) is 0 Å². The summed E-state index contributed by atoms with van der Waals surface area (Å²) in [4.78, 5) is 12.6. The molecule has 2 aliphatic heterocycles. The zero-order valence-corrected chi connectivity index (χ0v) is 12.5. The normalized spacial score (nSPS) is 38.1. The lowest BCUT2D eigenvalue weighted by Crippen LogP contribution is -2.50. The zero-order valence-electron chi connectivity index (χ0n) is 11.7. The highest BCUT2D eigenvalue weighted by Gasteiger charge is 2.62. The molecule has 0 aromatic carbocycles. The Morgan fingerprint density at radius 3 is 2.59 bits per heavy atom. The van der Waals surface area contributed by atoms with Gasteiger partial charge in [0.25, 0.3) is 0 Å². The van der Waals surface area contributed by atoms with E-state index < -0.39 is 0 Å². The van der Waals surface area contributed by atoms with Crippen molar-refractivity contribution in [3.05, 3.63) is 0 Å². The minimum Gasteiger partial charge on any atom is -0.344 e. The van der Waals surface area contributed by atoms with E-state index in [0.717, 1.165) is 0 Å². The van der Waals surface area contributed by atoms with Crippen LogP contribution >= 0.6 is 11.8 Å². The van der Waals surface area contributed by atoms with Gasteiger partial charge in [-0.1, -0.05) is 34.6 Å². The van der Waals surface area contributed by atoms with Crippen molar-refractivity contribution in [1.82, 2.24) is 5.32 Å². The van der Waals surface area contributed by atoms with Crippen molar-refractivity contribution in [3.8, 4) is 0 Å². The highest BCUT2D eigenvalue weighted by Crippen LogP contribution is 2.58. The molecule has 0 aromatic heterocycles. The molecule has 98 valence electrons. The van der Waals surface area contributed by atoms with Crippen molar-refractivity contribution in [1.29, 1.82) is 0 Å². The lowest BCUT2D eigenvalue weighted by atomic mass is 9.54. The van der Waals surface area contributed by atoms with Crippen LogP contribution < -0.4 is 5.32 Å². The molecular weight excluding hydrogens is 230 g/mol. The van der Waals surface area contributed by atoms with Crippen molar-refractivity contribution in [2.75, 3.05) is 5.75 Å². The number of hydrogen-bond acceptors (Lipinski definition) is 2. The molecule has 3 atom stereocenters. The Kier molecular flexibility index (Phi) is 3.26. The molecule has 3 heteroatoms. The Bertz CT molecular complexity index is 321. The minimum absolute atomic E-state index is 0.0303. The summed E-state index contributed by atoms with van der Waals surface area (Å²) in [7, 11) is 0. The topological polar surface area (TPSA) is 29.1 Å². The summed E-state index contributed by atoms with van der Waals surface area (Å²) in [5, 5.41) is 3.62. The van der Waals surface area contributed by atoms with Crippen LogP contribution in [0.3, 0.4) is 0 Å². The molecule has 0 spiro atoms. The van der Waals surface area contributed by atoms with Crippen LogP contribution in [0.1, 0.15) is 47.5 Å². The molecule has 0 aliphatic carbocycles. The van der Waals surface area contributed by atoms with Crippen molar-refractivity contribution in [3.63, 3.8) is 0 Å². The lowest BCUT2D eigenvalue weighted by molar-refractivity contribution is -0.141. The molecule has 1 amide bonds. The molecule has 2 fully saturated rings. The van der Waals surface area contributed by atoms with Gasteiger partial charge in [0.05, 0.1) is 10.8 Å². The smallest absolute Gasteiger partial charge is 0.228 e. The molecule has 2 saturated heterocycles. The highest BCUT2D eigenvalue weighted by atomic mass is 32.2. The predicted molar refractivity (Wildman–Crippen MR) is 73.8 cm³/mol. The Morgan fingerprint density at radius 2 is 2.06 bits per heavy atom. The van der Waals surface area contributed by atoms with Crippen molar-refractivity contribution in [2.24, 2.45) is 22.7 Å². The quantitative estimate of drug-likeness (QED) is 0.779. The maximum atomic E-state index is 12.6. The second-order valence-electron chi connectivity index (χ2n) is 6.79. The number of rotatable bonds is 1. The van der Waals surface area contributed by atoms with Crippen molar-refractivity contribution >= 4 is 17.7 Å². The average Bonchev–Trinajstić information content (AvgIpc) is 2.49. The van der Waals surface area contributed by atoms with E-state index >= 15 is 0 Å². The summed E-state index contributed by atoms with van der Waals surface area (Å²) < 4.78 is 0. The maximum absolute atomic E-state index is 12.6. The molecule has 0 radical (unpaired) electrons. The first-order chi connectivity index (χ1) is 7.81. The first-order valence-electron chi connectivity index (χ1n) is 6.74. The molecule has 17 heavy (non-hydrogen) atoms. The standard InChI is InChI=1S/C14H25NOS/c1-9(2)14(13(3,4)5)10-7-6-8-17-11(10)15-12(14)16/h9-11H,6-8H2,1-5H3,(H,15,16). The van der Waals surface area contributed by atoms with Gasteiger partial charge in [-0.3, -0.25) is 4.79 Å². The number of amides is 1. The van der Waals surface area contributed by atoms with E-state index in [2.05, 4.69) is 39.9 Å². The molecule has 2 rings (SSSR count). The fourth-order valence-corrected chi connectivity index (χ4v) is 5.62. The van der Waals surface area contributed by atoms with Gasteiger partial charge < -0.3 is 5.32 Å². The lowest BCUT2D eigenvalue weighted by Gasteiger charge is -2.48. The van der Waals surface area contributed by atoms with Crippen LogP contribution in [0.5, 0.6) is 0 Å². The predicted octanol–water partition coefficient (Wildman–Crippen LogP) is 3.27. The van der Waals surface area contributed by atoms with Crippen LogP contribution in [-0.2, 0) is 4.79 Å². The number of fused-ring (bicyclic) bond motifs is 1. The summed E-state index contributed by atoms with van der Waals surface area (Å²) in [6.45, 7) is 11.1. The molecule has 2 aliphatic rings. The minimum atomic E-state index is -0.189. The van der Waals surface area contributed by atoms with Gasteiger partial charge in [-0.15, -0.1) is 11.8 Å². The van der Waals surface area contributed by atoms with Crippen LogP contribution in [0.4, 0.5) is 0 Å². The van der Waals surface area contributed by atoms with E-state index in [0.29, 0.717) is 23.1 Å². The fraction of sp³-hybridized carbons (Fsp3) is 0.929. The van der Waals surface area contributed by atoms with Gasteiger partial charge in [-0.05, 0) is 29.9 Å². The number of thioether (sulfide) groups is 1. The zero-order chi connectivity index (χ0) is 12.8. The van der Waals surface area contributed by atoms with Crippen LogP contribution in [0.25, 0.3) is 0 Å². The first-order valence-corrected chi connectivity index (χ1v) is 7.79. The molecule has 3 unspecified atom stereocenters. The van der Waals surface area contributed by atoms with Crippen LogP contribution in [-0.4, -0.2) is 17.0 Å². The number of hydrogen-bond donors (Lipinski definition) is 1. The van der Waals surface area contributed by atoms with Gasteiger partial charge in [0.1, 0.15) is 0 Å². The van der Waals surface area contributed by atoms with Gasteiger partial charge in [0, 0.05) is 5.92 Å². The summed E-state index contributed by atoms with van der Waals surface area (Å²) in [6.07, 6.45) is 2.46. The molecule has 0 bridgehead atoms. The molecule has 1 N–H and O–H groups in total. The molecule has 0 aromatic rings. The Labute approximate surface area is 109 Å². The van der Waals surface area contributed by atoms with Crippen molar-refractivity contribution < 1.29 is 4.79 Å². The second-order valence-corrected chi connectivity index (χ2v) is 8.04. The van der Waals surface area contributed by atoms with Gasteiger partial charge in [0.15, 0.2) is 0 Å². The SMILES string of the molecule is CC(C)C1(C(C)(C)C)C(=O)NC2SCCCC21. The van der Waals surface area contributed by atoms with E-state index in [1.165, 1.54) is 18.6 Å². The van der Waals surface area contributed by atoms with E-state index in [-0.39, 0.29) is 10.8 Å². The van der Waals surface area contributed by atoms with Crippen LogP contribution in [0, 0.1) is 22.7 Å². The Morgan fingerprint density at radius 1 is 1.41 bits per heavy atom. The Balaban J connectivity index is 2.47. The molecule has 0 saturated carbocycles. The molecule has 2 heterocycles. The summed E-state index contributed by atoms with van der Waals surface area (Å²) in [5.41, 5.74) is -0.159. The molecular formula is C14H25NOS. The average molecular weight is 255 g/mol. The maximum Gasteiger partial charge on any atom is 0.228 e. The third-order valence-electron chi connectivity index (χ3n) is 4.71. The number of nitrogens with one attached hydrogen (secondary N) is 1. The van der Waals surface area contributed by atoms with E-state index in [4.69, 9.17) is 0 Å². The van der Waals surface area contributed by atoms with E-state index in [1.807, 2.05) is 11.8 Å². The monoisotopic (exact) mass is 255 g/mol. The number of carbonyl (C=O) groups excluding carboxylic acids is 1. The second kappa shape index (κ2) is 4.18. The number of carbonyl (C=O) groups is 1. The fourth-order valence-electron chi connectivity index (χ4n) is 4.26. The summed E-state index contributed by atoms with van der Waals surface area (Å²) in [5.74, 6) is 2.40.